The predicted octanol–water partition coefficient (Wildman–Crippen LogP) is -0.00950. The molecular formula is C9H18N2O3S2. The molecule has 0 rings (SSSR count). The molecule has 1 amide bonds. The van der Waals surface area contributed by atoms with E-state index in [9.17, 15) is 13.2 Å². The van der Waals surface area contributed by atoms with Gasteiger partial charge in [0.2, 0.25) is 5.91 Å². The van der Waals surface area contributed by atoms with Crippen LogP contribution in [0.1, 0.15) is 26.7 Å². The van der Waals surface area contributed by atoms with Gasteiger partial charge in [0.15, 0.2) is 9.84 Å². The topological polar surface area (TPSA) is 89.3 Å². The molecule has 0 aromatic heterocycles. The zero-order valence-electron chi connectivity index (χ0n) is 9.69. The monoisotopic (exact) mass is 266 g/mol. The van der Waals surface area contributed by atoms with E-state index in [0.29, 0.717) is 6.42 Å². The Bertz CT molecular complexity index is 365. The fourth-order valence-electron chi connectivity index (χ4n) is 1.06. The molecular weight excluding hydrogens is 248 g/mol. The van der Waals surface area contributed by atoms with Crippen LogP contribution in [0.5, 0.6) is 0 Å². The molecule has 0 saturated carbocycles. The Morgan fingerprint density at radius 1 is 1.50 bits per heavy atom. The van der Waals surface area contributed by atoms with Crippen LogP contribution < -0.4 is 11.1 Å². The van der Waals surface area contributed by atoms with Crippen molar-refractivity contribution in [3.63, 3.8) is 0 Å². The van der Waals surface area contributed by atoms with Crippen LogP contribution in [-0.4, -0.2) is 36.9 Å². The van der Waals surface area contributed by atoms with Gasteiger partial charge in [0.05, 0.1) is 11.0 Å². The molecule has 3 N–H and O–H groups in total. The molecule has 16 heavy (non-hydrogen) atoms. The average molecular weight is 266 g/mol. The van der Waals surface area contributed by atoms with E-state index in [1.165, 1.54) is 6.92 Å². The molecule has 0 radical (unpaired) electrons. The van der Waals surface area contributed by atoms with Crippen LogP contribution in [0.25, 0.3) is 0 Å². The van der Waals surface area contributed by atoms with Crippen molar-refractivity contribution in [2.75, 3.05) is 6.26 Å². The van der Waals surface area contributed by atoms with E-state index in [0.717, 1.165) is 12.7 Å². The summed E-state index contributed by atoms with van der Waals surface area (Å²) >= 11 is 4.79. The molecule has 0 aliphatic heterocycles. The Balaban J connectivity index is 4.59. The number of sulfone groups is 1. The van der Waals surface area contributed by atoms with Gasteiger partial charge in [-0.15, -0.1) is 0 Å². The highest BCUT2D eigenvalue weighted by atomic mass is 32.2. The largest absolute Gasteiger partial charge is 0.392 e. The number of hydrogen-bond donors (Lipinski definition) is 2. The number of nitrogens with one attached hydrogen (secondary N) is 1. The second-order valence-electron chi connectivity index (χ2n) is 3.72. The fourth-order valence-corrected chi connectivity index (χ4v) is 1.69. The molecule has 2 atom stereocenters. The fraction of sp³-hybridized carbons (Fsp3) is 0.778. The van der Waals surface area contributed by atoms with Gasteiger partial charge in [-0.25, -0.2) is 8.42 Å². The molecule has 0 aliphatic rings. The molecule has 0 fully saturated rings. The molecule has 0 saturated heterocycles. The summed E-state index contributed by atoms with van der Waals surface area (Å²) in [5, 5.41) is 1.46. The number of carbonyl (C=O) groups is 1. The number of nitrogens with two attached hydrogens (primary N) is 1. The van der Waals surface area contributed by atoms with Crippen LogP contribution in [-0.2, 0) is 14.6 Å². The van der Waals surface area contributed by atoms with Gasteiger partial charge in [0.1, 0.15) is 5.25 Å². The number of hydrogen-bond acceptors (Lipinski definition) is 4. The van der Waals surface area contributed by atoms with Crippen LogP contribution in [0.15, 0.2) is 0 Å². The quantitative estimate of drug-likeness (QED) is 0.660. The lowest BCUT2D eigenvalue weighted by Crippen LogP contribution is -2.48. The predicted molar refractivity (Wildman–Crippen MR) is 67.9 cm³/mol. The first kappa shape index (κ1) is 15.3. The maximum absolute atomic E-state index is 11.6. The minimum Gasteiger partial charge on any atom is -0.392 e. The lowest BCUT2D eigenvalue weighted by molar-refractivity contribution is -0.120. The van der Waals surface area contributed by atoms with Crippen LogP contribution in [0.2, 0.25) is 0 Å². The zero-order valence-corrected chi connectivity index (χ0v) is 11.3. The Hall–Kier alpha value is -0.690. The molecule has 0 bridgehead atoms. The van der Waals surface area contributed by atoms with Gasteiger partial charge in [0.25, 0.3) is 0 Å². The third-order valence-corrected chi connectivity index (χ3v) is 4.03. The lowest BCUT2D eigenvalue weighted by atomic mass is 10.1. The van der Waals surface area contributed by atoms with Crippen molar-refractivity contribution in [3.05, 3.63) is 0 Å². The third-order valence-electron chi connectivity index (χ3n) is 2.25. The third kappa shape index (κ3) is 4.89. The molecule has 0 aromatic rings. The van der Waals surface area contributed by atoms with Gasteiger partial charge >= 0.3 is 0 Å². The van der Waals surface area contributed by atoms with E-state index >= 15 is 0 Å². The zero-order chi connectivity index (χ0) is 12.9. The molecule has 5 nitrogen and oxygen atoms in total. The maximum atomic E-state index is 11.6. The van der Waals surface area contributed by atoms with Crippen molar-refractivity contribution < 1.29 is 13.2 Å². The molecule has 0 spiro atoms. The Kier molecular flexibility index (Phi) is 5.88. The average Bonchev–Trinajstić information content (AvgIpc) is 2.14. The first-order valence-corrected chi connectivity index (χ1v) is 7.35. The first-order valence-electron chi connectivity index (χ1n) is 4.98. The van der Waals surface area contributed by atoms with Crippen molar-refractivity contribution in [2.45, 2.75) is 38.0 Å². The highest BCUT2D eigenvalue weighted by molar-refractivity contribution is 7.92. The summed E-state index contributed by atoms with van der Waals surface area (Å²) in [7, 11) is -3.38. The Labute approximate surface area is 102 Å². The minimum atomic E-state index is -3.38. The van der Waals surface area contributed by atoms with Gasteiger partial charge in [-0.1, -0.05) is 25.6 Å². The van der Waals surface area contributed by atoms with Crippen molar-refractivity contribution >= 4 is 33.0 Å². The summed E-state index contributed by atoms with van der Waals surface area (Å²) in [6.45, 7) is 3.27. The number of rotatable bonds is 6. The standard InChI is InChI=1S/C9H18N2O3S2/c1-4-5-7(8(10)15)11-9(12)6(2)16(3,13)14/h6-7H,4-5H2,1-3H3,(H2,10,15)(H,11,12). The van der Waals surface area contributed by atoms with Gasteiger partial charge in [-0.05, 0) is 13.3 Å². The van der Waals surface area contributed by atoms with E-state index in [2.05, 4.69) is 5.32 Å². The second-order valence-corrected chi connectivity index (χ2v) is 6.56. The highest BCUT2D eigenvalue weighted by Crippen LogP contribution is 2.02. The normalized spacial score (nSPS) is 15.2. The molecule has 0 heterocycles. The smallest absolute Gasteiger partial charge is 0.238 e. The van der Waals surface area contributed by atoms with E-state index in [4.69, 9.17) is 18.0 Å². The SMILES string of the molecule is CCCC(NC(=O)C(C)S(C)(=O)=O)C(N)=S. The van der Waals surface area contributed by atoms with Crippen LogP contribution in [0.4, 0.5) is 0 Å². The van der Waals surface area contributed by atoms with E-state index in [1.54, 1.807) is 0 Å². The lowest BCUT2D eigenvalue weighted by Gasteiger charge is -2.18. The summed E-state index contributed by atoms with van der Waals surface area (Å²) in [4.78, 5) is 11.8. The second kappa shape index (κ2) is 6.15. The van der Waals surface area contributed by atoms with Gasteiger partial charge in [0, 0.05) is 6.26 Å². The minimum absolute atomic E-state index is 0.177. The van der Waals surface area contributed by atoms with Gasteiger partial charge in [-0.3, -0.25) is 4.79 Å². The summed E-state index contributed by atoms with van der Waals surface area (Å²) in [5.74, 6) is -0.561. The number of thiocarbonyl (C=S) groups is 1. The molecule has 7 heteroatoms. The van der Waals surface area contributed by atoms with Crippen molar-refractivity contribution in [1.29, 1.82) is 0 Å². The van der Waals surface area contributed by atoms with Crippen LogP contribution in [0.3, 0.4) is 0 Å². The van der Waals surface area contributed by atoms with Crippen molar-refractivity contribution in [3.8, 4) is 0 Å². The molecule has 0 aromatic carbocycles. The molecule has 2 unspecified atom stereocenters. The summed E-state index contributed by atoms with van der Waals surface area (Å²) in [6, 6.07) is -0.434. The number of carbonyl (C=O) groups excluding carboxylic acids is 1. The molecule has 0 aliphatic carbocycles. The van der Waals surface area contributed by atoms with Gasteiger partial charge < -0.3 is 11.1 Å². The summed E-state index contributed by atoms with van der Waals surface area (Å²) in [5.41, 5.74) is 5.45. The van der Waals surface area contributed by atoms with E-state index in [-0.39, 0.29) is 4.99 Å². The van der Waals surface area contributed by atoms with E-state index < -0.39 is 27.0 Å². The summed E-state index contributed by atoms with van der Waals surface area (Å²) < 4.78 is 22.3. The molecule has 94 valence electrons. The highest BCUT2D eigenvalue weighted by Gasteiger charge is 2.25. The van der Waals surface area contributed by atoms with Gasteiger partial charge in [-0.2, -0.15) is 0 Å². The van der Waals surface area contributed by atoms with Crippen LogP contribution >= 0.6 is 12.2 Å². The Morgan fingerprint density at radius 3 is 2.31 bits per heavy atom. The Morgan fingerprint density at radius 2 is 2.00 bits per heavy atom. The first-order chi connectivity index (χ1) is 7.20. The van der Waals surface area contributed by atoms with E-state index in [1.807, 2.05) is 6.92 Å². The van der Waals surface area contributed by atoms with Crippen LogP contribution in [0, 0.1) is 0 Å². The summed E-state index contributed by atoms with van der Waals surface area (Å²) in [6.07, 6.45) is 2.43. The van der Waals surface area contributed by atoms with Crippen molar-refractivity contribution in [2.24, 2.45) is 5.73 Å². The number of amides is 1. The van der Waals surface area contributed by atoms with Crippen molar-refractivity contribution in [1.82, 2.24) is 5.32 Å². The maximum Gasteiger partial charge on any atom is 0.238 e.